The van der Waals surface area contributed by atoms with Crippen molar-refractivity contribution in [3.63, 3.8) is 0 Å². The average molecular weight is 643 g/mol. The van der Waals surface area contributed by atoms with Crippen LogP contribution in [-0.2, 0) is 14.3 Å². The fraction of sp³-hybridized carbons (Fsp3) is 0.500. The summed E-state index contributed by atoms with van der Waals surface area (Å²) in [5.41, 5.74) is 0.809. The highest BCUT2D eigenvalue weighted by molar-refractivity contribution is 7.11. The largest absolute Gasteiger partial charge is 0.481 e. The molecule has 232 valence electrons. The number of rotatable bonds is 9. The molecule has 44 heavy (non-hydrogen) atoms. The lowest BCUT2D eigenvalue weighted by Crippen LogP contribution is -2.75. The highest BCUT2D eigenvalue weighted by Gasteiger charge is 2.72. The second-order valence-corrected chi connectivity index (χ2v) is 13.7. The van der Waals surface area contributed by atoms with Crippen LogP contribution in [0.4, 0.5) is 9.18 Å². The van der Waals surface area contributed by atoms with E-state index < -0.39 is 23.8 Å². The predicted octanol–water partition coefficient (Wildman–Crippen LogP) is 3.66. The van der Waals surface area contributed by atoms with Crippen molar-refractivity contribution in [1.29, 1.82) is 0 Å². The van der Waals surface area contributed by atoms with E-state index in [1.165, 1.54) is 23.5 Å². The van der Waals surface area contributed by atoms with E-state index in [-0.39, 0.29) is 46.7 Å². The number of carboxylic acids is 1. The number of esters is 1. The Labute approximate surface area is 262 Å². The first-order valence-electron chi connectivity index (χ1n) is 14.7. The number of benzene rings is 1. The maximum atomic E-state index is 14.6. The van der Waals surface area contributed by atoms with Gasteiger partial charge in [-0.15, -0.1) is 11.3 Å². The van der Waals surface area contributed by atoms with Gasteiger partial charge in [0.1, 0.15) is 11.9 Å². The van der Waals surface area contributed by atoms with Crippen LogP contribution in [0.3, 0.4) is 0 Å². The fourth-order valence-corrected chi connectivity index (χ4v) is 8.66. The molecule has 2 N–H and O–H groups in total. The number of aliphatic imine (C=N–C) groups is 1. The van der Waals surface area contributed by atoms with Crippen molar-refractivity contribution in [2.75, 3.05) is 39.3 Å². The molecule has 1 aromatic heterocycles. The molecule has 2 atom stereocenters. The summed E-state index contributed by atoms with van der Waals surface area (Å²) in [5.74, 6) is -1.50. The van der Waals surface area contributed by atoms with Gasteiger partial charge in [0.25, 0.3) is 0 Å². The Bertz CT molecular complexity index is 1580. The Morgan fingerprint density at radius 1 is 1.25 bits per heavy atom. The van der Waals surface area contributed by atoms with Gasteiger partial charge in [-0.1, -0.05) is 23.7 Å². The van der Waals surface area contributed by atoms with Crippen molar-refractivity contribution in [2.24, 2.45) is 10.4 Å². The summed E-state index contributed by atoms with van der Waals surface area (Å²) in [6, 6.07) is 3.54. The third-order valence-electron chi connectivity index (χ3n) is 9.56. The maximum absolute atomic E-state index is 14.6. The van der Waals surface area contributed by atoms with Crippen molar-refractivity contribution >= 4 is 46.7 Å². The number of thiazole rings is 1. The Morgan fingerprint density at radius 2 is 2.05 bits per heavy atom. The van der Waals surface area contributed by atoms with Crippen LogP contribution in [0.2, 0.25) is 5.02 Å². The maximum Gasteiger partial charge on any atom is 0.338 e. The SMILES string of the molecule is CCOC(=O)C1=C(CN2CCN3C(=O)N(C45CC(CC(=O)O)(C4)C5)C[C@@H]3C2)NC(c2nccs2)=N[C@H]1c1cccc(F)c1Cl. The number of amidine groups is 1. The standard InChI is InChI=1S/C30H32ClFN6O5S/c1-2-43-27(41)22-20(34-25(26-33-6-9-44-26)35-24(22)18-4-3-5-19(32)23(18)31)13-36-7-8-37-17(11-36)12-38(28(37)42)30-14-29(15-30,16-30)10-21(39)40/h3-6,9,17,24H,2,7-8,10-16H2,1H3,(H,34,35)(H,39,40)/t17-,24-,29?,30?/m0/s1. The van der Waals surface area contributed by atoms with Crippen LogP contribution in [0.5, 0.6) is 0 Å². The van der Waals surface area contributed by atoms with Crippen molar-refractivity contribution in [3.8, 4) is 0 Å². The van der Waals surface area contributed by atoms with Crippen molar-refractivity contribution < 1.29 is 28.6 Å². The van der Waals surface area contributed by atoms with Crippen molar-refractivity contribution in [3.05, 3.63) is 62.5 Å². The van der Waals surface area contributed by atoms with Crippen LogP contribution in [0.25, 0.3) is 0 Å². The molecular formula is C30H32ClFN6O5S. The molecule has 11 nitrogen and oxygen atoms in total. The Morgan fingerprint density at radius 3 is 2.75 bits per heavy atom. The zero-order valence-electron chi connectivity index (χ0n) is 24.1. The molecule has 0 unspecified atom stereocenters. The van der Waals surface area contributed by atoms with Gasteiger partial charge in [0.05, 0.1) is 29.7 Å². The highest BCUT2D eigenvalue weighted by Crippen LogP contribution is 2.72. The van der Waals surface area contributed by atoms with Crippen LogP contribution in [0.15, 0.2) is 46.0 Å². The summed E-state index contributed by atoms with van der Waals surface area (Å²) in [4.78, 5) is 53.5. The summed E-state index contributed by atoms with van der Waals surface area (Å²) in [5, 5.41) is 14.9. The second-order valence-electron chi connectivity index (χ2n) is 12.4. The average Bonchev–Trinajstić information content (AvgIpc) is 3.60. The minimum Gasteiger partial charge on any atom is -0.481 e. The van der Waals surface area contributed by atoms with Crippen LogP contribution < -0.4 is 5.32 Å². The third-order valence-corrected chi connectivity index (χ3v) is 10.7. The van der Waals surface area contributed by atoms with Gasteiger partial charge in [0, 0.05) is 61.1 Å². The Balaban J connectivity index is 1.15. The molecule has 3 aliphatic heterocycles. The number of aromatic nitrogens is 1. The minimum atomic E-state index is -0.917. The van der Waals surface area contributed by atoms with Crippen LogP contribution in [-0.4, -0.2) is 99.5 Å². The number of halogens is 2. The van der Waals surface area contributed by atoms with E-state index in [4.69, 9.17) is 21.3 Å². The number of carbonyl (C=O) groups excluding carboxylic acids is 2. The first-order chi connectivity index (χ1) is 21.1. The summed E-state index contributed by atoms with van der Waals surface area (Å²) in [7, 11) is 0. The molecule has 2 bridgehead atoms. The van der Waals surface area contributed by atoms with E-state index in [9.17, 15) is 23.9 Å². The fourth-order valence-electron chi connectivity index (χ4n) is 7.84. The monoisotopic (exact) mass is 642 g/mol. The normalized spacial score (nSPS) is 29.4. The van der Waals surface area contributed by atoms with Crippen LogP contribution in [0.1, 0.15) is 49.2 Å². The number of amides is 2. The van der Waals surface area contributed by atoms with Crippen LogP contribution >= 0.6 is 22.9 Å². The van der Waals surface area contributed by atoms with Gasteiger partial charge in [-0.25, -0.2) is 19.0 Å². The lowest BCUT2D eigenvalue weighted by Gasteiger charge is -2.73. The topological polar surface area (TPSA) is 128 Å². The molecule has 1 aromatic carbocycles. The smallest absolute Gasteiger partial charge is 0.338 e. The zero-order chi connectivity index (χ0) is 30.8. The van der Waals surface area contributed by atoms with Gasteiger partial charge in [-0.05, 0) is 37.7 Å². The van der Waals surface area contributed by atoms with E-state index in [0.29, 0.717) is 54.8 Å². The van der Waals surface area contributed by atoms with Gasteiger partial charge < -0.3 is 25.0 Å². The number of urea groups is 1. The molecule has 2 aromatic rings. The number of ether oxygens (including phenoxy) is 1. The van der Waals surface area contributed by atoms with Gasteiger partial charge in [0.15, 0.2) is 10.8 Å². The summed E-state index contributed by atoms with van der Waals surface area (Å²) < 4.78 is 20.1. The molecule has 0 spiro atoms. The highest BCUT2D eigenvalue weighted by atomic mass is 35.5. The second kappa shape index (κ2) is 10.8. The molecule has 6 aliphatic rings. The minimum absolute atomic E-state index is 0.0273. The summed E-state index contributed by atoms with van der Waals surface area (Å²) in [6.07, 6.45) is 4.09. The number of nitrogens with one attached hydrogen (secondary N) is 1. The number of piperazine rings is 1. The van der Waals surface area contributed by atoms with Crippen molar-refractivity contribution in [2.45, 2.75) is 50.2 Å². The molecule has 2 amide bonds. The number of hydrogen-bond acceptors (Lipinski definition) is 9. The number of fused-ring (bicyclic) bond motifs is 1. The number of nitrogens with zero attached hydrogens (tertiary/aromatic N) is 5. The Hall–Kier alpha value is -3.55. The van der Waals surface area contributed by atoms with Gasteiger partial charge >= 0.3 is 18.0 Å². The summed E-state index contributed by atoms with van der Waals surface area (Å²) in [6.45, 7) is 4.51. The van der Waals surface area contributed by atoms with Crippen molar-refractivity contribution in [1.82, 2.24) is 25.0 Å². The van der Waals surface area contributed by atoms with Gasteiger partial charge in [-0.3, -0.25) is 14.7 Å². The number of hydrogen-bond donors (Lipinski definition) is 2. The molecule has 8 rings (SSSR count). The molecule has 0 radical (unpaired) electrons. The Kier molecular flexibility index (Phi) is 7.17. The molecule has 14 heteroatoms. The first-order valence-corrected chi connectivity index (χ1v) is 16.0. The molecule has 5 fully saturated rings. The van der Waals surface area contributed by atoms with E-state index in [1.807, 2.05) is 15.2 Å². The predicted molar refractivity (Wildman–Crippen MR) is 160 cm³/mol. The third kappa shape index (κ3) is 4.76. The lowest BCUT2D eigenvalue weighted by atomic mass is 9.38. The first kappa shape index (κ1) is 29.2. The van der Waals surface area contributed by atoms with Crippen LogP contribution in [0, 0.1) is 11.2 Å². The molecular weight excluding hydrogens is 611 g/mol. The molecule has 2 saturated heterocycles. The van der Waals surface area contributed by atoms with Gasteiger partial charge in [0.2, 0.25) is 0 Å². The van der Waals surface area contributed by atoms with E-state index in [0.717, 1.165) is 19.3 Å². The zero-order valence-corrected chi connectivity index (χ0v) is 25.7. The molecule has 4 heterocycles. The number of carbonyl (C=O) groups is 3. The van der Waals surface area contributed by atoms with E-state index in [2.05, 4.69) is 15.2 Å². The lowest BCUT2D eigenvalue weighted by molar-refractivity contribution is -0.208. The number of aliphatic carboxylic acids is 1. The van der Waals surface area contributed by atoms with E-state index in [1.54, 1.807) is 19.2 Å². The van der Waals surface area contributed by atoms with E-state index >= 15 is 0 Å². The molecule has 3 aliphatic carbocycles. The molecule has 3 saturated carbocycles. The van der Waals surface area contributed by atoms with Gasteiger partial charge in [-0.2, -0.15) is 0 Å². The quantitative estimate of drug-likeness (QED) is 0.397. The summed E-state index contributed by atoms with van der Waals surface area (Å²) >= 11 is 7.82. The number of carboxylic acid groups (broad SMARTS) is 1.